The van der Waals surface area contributed by atoms with Gasteiger partial charge in [0.1, 0.15) is 5.60 Å². The molecule has 0 bridgehead atoms. The van der Waals surface area contributed by atoms with E-state index in [0.717, 1.165) is 24.3 Å². The topological polar surface area (TPSA) is 21.6 Å². The molecule has 2 aliphatic carbocycles. The molecule has 0 atom stereocenters. The molecular weight excluding hydrogens is 342 g/mol. The number of hydrogen-bond donors (Lipinski definition) is 0. The molecule has 1 heterocycles. The van der Waals surface area contributed by atoms with E-state index >= 15 is 0 Å². The summed E-state index contributed by atoms with van der Waals surface area (Å²) in [6.07, 6.45) is 7.96. The summed E-state index contributed by atoms with van der Waals surface area (Å²) in [6.45, 7) is 0. The highest BCUT2D eigenvalue weighted by Crippen LogP contribution is 2.55. The lowest BCUT2D eigenvalue weighted by Gasteiger charge is -2.35. The van der Waals surface area contributed by atoms with Crippen molar-refractivity contribution in [1.29, 1.82) is 0 Å². The van der Waals surface area contributed by atoms with Crippen LogP contribution in [0.4, 0.5) is 0 Å². The van der Waals surface area contributed by atoms with Crippen LogP contribution in [-0.2, 0) is 10.3 Å². The molecule has 0 N–H and O–H groups in total. The van der Waals surface area contributed by atoms with Gasteiger partial charge in [0.25, 0.3) is 0 Å². The van der Waals surface area contributed by atoms with Gasteiger partial charge >= 0.3 is 0 Å². The van der Waals surface area contributed by atoms with Gasteiger partial charge in [-0.2, -0.15) is 0 Å². The lowest BCUT2D eigenvalue weighted by atomic mass is 9.72. The van der Waals surface area contributed by atoms with Crippen LogP contribution in [0.15, 0.2) is 59.8 Å². The molecule has 2 fully saturated rings. The minimum Gasteiger partial charge on any atom is -0.389 e. The molecule has 26 heavy (non-hydrogen) atoms. The molecule has 2 saturated carbocycles. The van der Waals surface area contributed by atoms with Crippen LogP contribution in [0.5, 0.6) is 0 Å². The van der Waals surface area contributed by atoms with Gasteiger partial charge in [-0.1, -0.05) is 59.2 Å². The third-order valence-electron chi connectivity index (χ3n) is 6.71. The fraction of sp³-hybridized carbons (Fsp3) is 0.435. The number of hydrogen-bond acceptors (Lipinski definition) is 2. The normalized spacial score (nSPS) is 29.3. The predicted octanol–water partition coefficient (Wildman–Crippen LogP) is 6.24. The van der Waals surface area contributed by atoms with Gasteiger partial charge in [-0.25, -0.2) is 0 Å². The molecule has 3 heteroatoms. The lowest BCUT2D eigenvalue weighted by Crippen LogP contribution is -2.35. The highest BCUT2D eigenvalue weighted by atomic mass is 35.5. The molecule has 2 aromatic rings. The van der Waals surface area contributed by atoms with Crippen molar-refractivity contribution in [2.75, 3.05) is 0 Å². The SMILES string of the molecule is Clc1ccc(C2(C3=NOC4(CCC(c5ccccc5)CC4)C3)CC2)cc1. The third kappa shape index (κ3) is 2.75. The first-order valence-electron chi connectivity index (χ1n) is 9.76. The largest absolute Gasteiger partial charge is 0.389 e. The van der Waals surface area contributed by atoms with E-state index < -0.39 is 0 Å². The first-order valence-corrected chi connectivity index (χ1v) is 10.1. The Kier molecular flexibility index (Phi) is 3.86. The number of nitrogens with zero attached hydrogens (tertiary/aromatic N) is 1. The van der Waals surface area contributed by atoms with E-state index in [0.29, 0.717) is 5.92 Å². The van der Waals surface area contributed by atoms with Crippen molar-refractivity contribution in [2.24, 2.45) is 5.16 Å². The Morgan fingerprint density at radius 2 is 1.58 bits per heavy atom. The third-order valence-corrected chi connectivity index (χ3v) is 6.96. The van der Waals surface area contributed by atoms with Crippen LogP contribution in [0, 0.1) is 0 Å². The smallest absolute Gasteiger partial charge is 0.143 e. The van der Waals surface area contributed by atoms with E-state index in [9.17, 15) is 0 Å². The molecule has 3 aliphatic rings. The average molecular weight is 366 g/mol. The number of rotatable bonds is 3. The summed E-state index contributed by atoms with van der Waals surface area (Å²) in [5.74, 6) is 0.667. The number of halogens is 1. The van der Waals surface area contributed by atoms with Gasteiger partial charge in [0.15, 0.2) is 0 Å². The number of benzene rings is 2. The minimum absolute atomic E-state index is 0.0529. The molecule has 0 aromatic heterocycles. The zero-order valence-corrected chi connectivity index (χ0v) is 15.7. The van der Waals surface area contributed by atoms with Crippen molar-refractivity contribution >= 4 is 17.3 Å². The Labute approximate surface area is 160 Å². The molecule has 0 unspecified atom stereocenters. The highest BCUT2D eigenvalue weighted by Gasteiger charge is 2.55. The predicted molar refractivity (Wildman–Crippen MR) is 106 cm³/mol. The van der Waals surface area contributed by atoms with E-state index in [4.69, 9.17) is 16.4 Å². The van der Waals surface area contributed by atoms with E-state index in [1.165, 1.54) is 42.5 Å². The molecular formula is C23H24ClNO. The molecule has 0 radical (unpaired) electrons. The maximum absolute atomic E-state index is 6.11. The summed E-state index contributed by atoms with van der Waals surface area (Å²) in [5.41, 5.74) is 4.14. The van der Waals surface area contributed by atoms with Gasteiger partial charge in [0.05, 0.1) is 5.71 Å². The highest BCUT2D eigenvalue weighted by molar-refractivity contribution is 6.30. The molecule has 2 aromatic carbocycles. The van der Waals surface area contributed by atoms with E-state index in [2.05, 4.69) is 47.6 Å². The van der Waals surface area contributed by atoms with Crippen molar-refractivity contribution in [3.05, 3.63) is 70.7 Å². The Balaban J connectivity index is 1.28. The molecule has 1 spiro atoms. The van der Waals surface area contributed by atoms with E-state index in [1.54, 1.807) is 0 Å². The van der Waals surface area contributed by atoms with Gasteiger partial charge in [-0.15, -0.1) is 0 Å². The van der Waals surface area contributed by atoms with Gasteiger partial charge < -0.3 is 4.84 Å². The maximum atomic E-state index is 6.11. The minimum atomic E-state index is -0.0529. The van der Waals surface area contributed by atoms with Crippen LogP contribution in [0.25, 0.3) is 0 Å². The fourth-order valence-electron chi connectivity index (χ4n) is 4.89. The second-order valence-corrected chi connectivity index (χ2v) is 8.70. The maximum Gasteiger partial charge on any atom is 0.143 e. The summed E-state index contributed by atoms with van der Waals surface area (Å²) in [5, 5.41) is 5.42. The van der Waals surface area contributed by atoms with Crippen molar-refractivity contribution in [1.82, 2.24) is 0 Å². The summed E-state index contributed by atoms with van der Waals surface area (Å²) in [6, 6.07) is 19.2. The van der Waals surface area contributed by atoms with Crippen LogP contribution >= 0.6 is 11.6 Å². The Morgan fingerprint density at radius 3 is 2.23 bits per heavy atom. The van der Waals surface area contributed by atoms with Crippen LogP contribution in [-0.4, -0.2) is 11.3 Å². The molecule has 0 amide bonds. The summed E-state index contributed by atoms with van der Waals surface area (Å²) in [7, 11) is 0. The van der Waals surface area contributed by atoms with Crippen LogP contribution in [0.2, 0.25) is 5.02 Å². The molecule has 0 saturated heterocycles. The monoisotopic (exact) mass is 365 g/mol. The summed E-state index contributed by atoms with van der Waals surface area (Å²) in [4.78, 5) is 6.11. The Bertz CT molecular complexity index is 815. The molecule has 1 aliphatic heterocycles. The lowest BCUT2D eigenvalue weighted by molar-refractivity contribution is -0.0484. The van der Waals surface area contributed by atoms with E-state index in [1.807, 2.05) is 12.1 Å². The molecule has 5 rings (SSSR count). The van der Waals surface area contributed by atoms with Crippen molar-refractivity contribution in [3.63, 3.8) is 0 Å². The van der Waals surface area contributed by atoms with Gasteiger partial charge in [0, 0.05) is 16.9 Å². The first kappa shape index (κ1) is 16.4. The zero-order valence-electron chi connectivity index (χ0n) is 15.0. The second kappa shape index (κ2) is 6.13. The van der Waals surface area contributed by atoms with Gasteiger partial charge in [-0.3, -0.25) is 0 Å². The zero-order chi connectivity index (χ0) is 17.6. The van der Waals surface area contributed by atoms with Crippen molar-refractivity contribution in [3.8, 4) is 0 Å². The average Bonchev–Trinajstić information content (AvgIpc) is 3.40. The summed E-state index contributed by atoms with van der Waals surface area (Å²) < 4.78 is 0. The van der Waals surface area contributed by atoms with Crippen LogP contribution in [0.3, 0.4) is 0 Å². The number of oxime groups is 1. The van der Waals surface area contributed by atoms with Gasteiger partial charge in [0.2, 0.25) is 0 Å². The molecule has 2 nitrogen and oxygen atoms in total. The standard InChI is InChI=1S/C23H24ClNO/c24-20-8-6-19(7-9-20)23(14-15-23)21-16-22(26-25-21)12-10-18(11-13-22)17-4-2-1-3-5-17/h1-9,18H,10-16H2. The quantitative estimate of drug-likeness (QED) is 0.630. The Morgan fingerprint density at radius 1 is 0.885 bits per heavy atom. The van der Waals surface area contributed by atoms with Crippen LogP contribution < -0.4 is 0 Å². The Hall–Kier alpha value is -1.80. The van der Waals surface area contributed by atoms with Crippen molar-refractivity contribution in [2.45, 2.75) is 61.9 Å². The van der Waals surface area contributed by atoms with Crippen molar-refractivity contribution < 1.29 is 4.84 Å². The summed E-state index contributed by atoms with van der Waals surface area (Å²) >= 11 is 6.07. The van der Waals surface area contributed by atoms with Crippen LogP contribution in [0.1, 0.15) is 62.0 Å². The van der Waals surface area contributed by atoms with E-state index in [-0.39, 0.29) is 11.0 Å². The fourth-order valence-corrected chi connectivity index (χ4v) is 5.01. The molecule has 134 valence electrons. The second-order valence-electron chi connectivity index (χ2n) is 8.26. The first-order chi connectivity index (χ1) is 12.7. The van der Waals surface area contributed by atoms with Gasteiger partial charge in [-0.05, 0) is 67.7 Å².